The summed E-state index contributed by atoms with van der Waals surface area (Å²) in [5.41, 5.74) is 13.5. The minimum atomic E-state index is -0.735. The van der Waals surface area contributed by atoms with Crippen LogP contribution in [0.3, 0.4) is 0 Å². The average Bonchev–Trinajstić information content (AvgIpc) is 3.27. The fourth-order valence-corrected chi connectivity index (χ4v) is 5.95. The van der Waals surface area contributed by atoms with Crippen molar-refractivity contribution >= 4 is 17.3 Å². The van der Waals surface area contributed by atoms with Gasteiger partial charge < -0.3 is 21.2 Å². The highest BCUT2D eigenvalue weighted by Gasteiger charge is 2.46. The Kier molecular flexibility index (Phi) is 7.65. The van der Waals surface area contributed by atoms with E-state index in [-0.39, 0.29) is 41.1 Å². The molecule has 1 saturated carbocycles. The summed E-state index contributed by atoms with van der Waals surface area (Å²) in [6.07, 6.45) is 8.41. The molecule has 10 heteroatoms. The summed E-state index contributed by atoms with van der Waals surface area (Å²) in [7, 11) is 3.72. The SMILES string of the molecule is C[C@H](Oc1cc(/C(N)=C/N(C)N)nc(C(=O)C2=C(N)[C@]3(CCCCC3=O)CCC2)n1)[C@@H]1CCCN1C. The van der Waals surface area contributed by atoms with Crippen LogP contribution < -0.4 is 22.0 Å². The third kappa shape index (κ3) is 5.10. The number of nitrogens with two attached hydrogens (primary N) is 3. The maximum Gasteiger partial charge on any atom is 0.228 e. The van der Waals surface area contributed by atoms with Crippen molar-refractivity contribution < 1.29 is 14.3 Å². The topological polar surface area (TPSA) is 154 Å². The largest absolute Gasteiger partial charge is 0.473 e. The van der Waals surface area contributed by atoms with Gasteiger partial charge in [0.1, 0.15) is 11.9 Å². The van der Waals surface area contributed by atoms with Crippen LogP contribution in [0, 0.1) is 5.41 Å². The summed E-state index contributed by atoms with van der Waals surface area (Å²) in [4.78, 5) is 37.9. The van der Waals surface area contributed by atoms with E-state index in [1.807, 2.05) is 6.92 Å². The number of hydrazine groups is 1. The number of carbonyl (C=O) groups is 2. The molecule has 1 aliphatic heterocycles. The molecule has 3 atom stereocenters. The van der Waals surface area contributed by atoms with Crippen LogP contribution in [0.5, 0.6) is 5.88 Å². The standard InChI is InChI=1S/C26H39N7O3/c1-16(20-9-7-13-32(20)2)36-22-14-19(18(27)15-33(3)29)30-25(31-22)23(35)17-8-6-12-26(24(17)28)11-5-4-10-21(26)34/h14-16,20H,4-13,27-29H2,1-3H3/b18-15-/t16-,20-,26+/m0/s1. The zero-order valence-electron chi connectivity index (χ0n) is 21.6. The van der Waals surface area contributed by atoms with Gasteiger partial charge in [-0.1, -0.05) is 6.42 Å². The summed E-state index contributed by atoms with van der Waals surface area (Å²) in [6.45, 7) is 3.02. The van der Waals surface area contributed by atoms with E-state index < -0.39 is 5.41 Å². The number of likely N-dealkylation sites (N-methyl/N-ethyl adjacent to an activating group) is 1. The normalized spacial score (nSPS) is 26.4. The zero-order chi connectivity index (χ0) is 26.0. The van der Waals surface area contributed by atoms with Gasteiger partial charge in [-0.15, -0.1) is 0 Å². The number of rotatable bonds is 7. The Hall–Kier alpha value is -2.98. The first kappa shape index (κ1) is 26.1. The molecule has 2 heterocycles. The highest BCUT2D eigenvalue weighted by Crippen LogP contribution is 2.47. The molecule has 3 aliphatic rings. The van der Waals surface area contributed by atoms with E-state index in [1.165, 1.54) is 11.2 Å². The molecular weight excluding hydrogens is 458 g/mol. The van der Waals surface area contributed by atoms with Gasteiger partial charge >= 0.3 is 0 Å². The minimum absolute atomic E-state index is 0.0382. The molecule has 2 fully saturated rings. The number of nitrogens with zero attached hydrogens (tertiary/aromatic N) is 4. The Morgan fingerprint density at radius 3 is 2.67 bits per heavy atom. The lowest BCUT2D eigenvalue weighted by Crippen LogP contribution is -2.42. The molecule has 6 N–H and O–H groups in total. The molecule has 196 valence electrons. The number of Topliss-reactive ketones (excluding diaryl/α,β-unsaturated/α-hetero) is 2. The maximum absolute atomic E-state index is 13.8. The second kappa shape index (κ2) is 10.6. The predicted molar refractivity (Wildman–Crippen MR) is 137 cm³/mol. The third-order valence-electron chi connectivity index (χ3n) is 7.91. The lowest BCUT2D eigenvalue weighted by molar-refractivity contribution is -0.129. The van der Waals surface area contributed by atoms with Crippen LogP contribution in [0.15, 0.2) is 23.5 Å². The first-order chi connectivity index (χ1) is 17.1. The van der Waals surface area contributed by atoms with E-state index in [9.17, 15) is 9.59 Å². The van der Waals surface area contributed by atoms with Crippen LogP contribution in [0.4, 0.5) is 0 Å². The van der Waals surface area contributed by atoms with Crippen molar-refractivity contribution in [3.8, 4) is 5.88 Å². The zero-order valence-corrected chi connectivity index (χ0v) is 21.6. The summed E-state index contributed by atoms with van der Waals surface area (Å²) >= 11 is 0. The molecule has 36 heavy (non-hydrogen) atoms. The van der Waals surface area contributed by atoms with Gasteiger partial charge in [0.25, 0.3) is 0 Å². The fourth-order valence-electron chi connectivity index (χ4n) is 5.95. The predicted octanol–water partition coefficient (Wildman–Crippen LogP) is 2.11. The highest BCUT2D eigenvalue weighted by molar-refractivity contribution is 6.08. The maximum atomic E-state index is 13.8. The number of ketones is 2. The molecule has 0 aromatic carbocycles. The van der Waals surface area contributed by atoms with Crippen molar-refractivity contribution in [3.05, 3.63) is 35.1 Å². The van der Waals surface area contributed by atoms with Gasteiger partial charge in [0.2, 0.25) is 17.5 Å². The van der Waals surface area contributed by atoms with Gasteiger partial charge in [-0.25, -0.2) is 10.8 Å². The van der Waals surface area contributed by atoms with Crippen LogP contribution >= 0.6 is 0 Å². The summed E-state index contributed by atoms with van der Waals surface area (Å²) < 4.78 is 6.22. The Balaban J connectivity index is 1.71. The number of allylic oxidation sites excluding steroid dienone is 2. The molecule has 0 amide bonds. The molecule has 0 bridgehead atoms. The molecule has 1 saturated heterocycles. The van der Waals surface area contributed by atoms with Gasteiger partial charge in [0.15, 0.2) is 0 Å². The van der Waals surface area contributed by atoms with Gasteiger partial charge in [-0.05, 0) is 65.5 Å². The number of hydrogen-bond acceptors (Lipinski definition) is 10. The molecule has 0 unspecified atom stereocenters. The van der Waals surface area contributed by atoms with Gasteiger partial charge in [0, 0.05) is 43.0 Å². The molecule has 1 aromatic rings. The van der Waals surface area contributed by atoms with Crippen molar-refractivity contribution in [2.24, 2.45) is 22.7 Å². The molecule has 1 spiro atoms. The smallest absolute Gasteiger partial charge is 0.228 e. The van der Waals surface area contributed by atoms with Crippen molar-refractivity contribution in [1.29, 1.82) is 0 Å². The number of ether oxygens (including phenoxy) is 1. The van der Waals surface area contributed by atoms with E-state index in [2.05, 4.69) is 21.9 Å². The van der Waals surface area contributed by atoms with Gasteiger partial charge in [0.05, 0.1) is 16.8 Å². The average molecular weight is 498 g/mol. The molecule has 4 rings (SSSR count). The number of aromatic nitrogens is 2. The van der Waals surface area contributed by atoms with Crippen molar-refractivity contribution in [3.63, 3.8) is 0 Å². The lowest BCUT2D eigenvalue weighted by atomic mass is 9.64. The van der Waals surface area contributed by atoms with Crippen molar-refractivity contribution in [2.75, 3.05) is 20.6 Å². The number of likely N-dealkylation sites (tertiary alicyclic amines) is 1. The van der Waals surface area contributed by atoms with E-state index in [0.717, 1.165) is 38.6 Å². The Bertz CT molecular complexity index is 1080. The number of carbonyl (C=O) groups excluding carboxylic acids is 2. The minimum Gasteiger partial charge on any atom is -0.473 e. The van der Waals surface area contributed by atoms with Crippen molar-refractivity contribution in [2.45, 2.75) is 76.9 Å². The Morgan fingerprint density at radius 1 is 1.25 bits per heavy atom. The molecular formula is C26H39N7O3. The molecule has 1 aromatic heterocycles. The van der Waals surface area contributed by atoms with E-state index in [0.29, 0.717) is 42.6 Å². The van der Waals surface area contributed by atoms with Crippen molar-refractivity contribution in [1.82, 2.24) is 19.9 Å². The fraction of sp³-hybridized carbons (Fsp3) is 0.615. The molecule has 0 radical (unpaired) electrons. The molecule has 10 nitrogen and oxygen atoms in total. The quantitative estimate of drug-likeness (QED) is 0.290. The second-order valence-electron chi connectivity index (χ2n) is 10.5. The van der Waals surface area contributed by atoms with Crippen LogP contribution in [-0.4, -0.2) is 64.2 Å². The second-order valence-corrected chi connectivity index (χ2v) is 10.5. The monoisotopic (exact) mass is 497 g/mol. The van der Waals surface area contributed by atoms with Crippen LogP contribution in [0.1, 0.15) is 81.0 Å². The van der Waals surface area contributed by atoms with E-state index in [1.54, 1.807) is 13.1 Å². The molecule has 2 aliphatic carbocycles. The summed E-state index contributed by atoms with van der Waals surface area (Å²) in [5.74, 6) is 5.74. The highest BCUT2D eigenvalue weighted by atomic mass is 16.5. The van der Waals surface area contributed by atoms with Crippen LogP contribution in [0.2, 0.25) is 0 Å². The van der Waals surface area contributed by atoms with Crippen LogP contribution in [0.25, 0.3) is 5.70 Å². The third-order valence-corrected chi connectivity index (χ3v) is 7.91. The Labute approximate surface area is 212 Å². The summed E-state index contributed by atoms with van der Waals surface area (Å²) in [6, 6.07) is 1.88. The van der Waals surface area contributed by atoms with Crippen LogP contribution in [-0.2, 0) is 4.79 Å². The van der Waals surface area contributed by atoms with Gasteiger partial charge in [-0.2, -0.15) is 4.98 Å². The number of hydrogen-bond donors (Lipinski definition) is 3. The van der Waals surface area contributed by atoms with E-state index in [4.69, 9.17) is 22.0 Å². The van der Waals surface area contributed by atoms with E-state index >= 15 is 0 Å². The lowest BCUT2D eigenvalue weighted by Gasteiger charge is -2.40. The Morgan fingerprint density at radius 2 is 2.00 bits per heavy atom. The summed E-state index contributed by atoms with van der Waals surface area (Å²) in [5, 5.41) is 1.32. The first-order valence-corrected chi connectivity index (χ1v) is 12.9. The van der Waals surface area contributed by atoms with Gasteiger partial charge in [-0.3, -0.25) is 14.5 Å². The first-order valence-electron chi connectivity index (χ1n) is 12.9.